The molecular weight excluding hydrogens is 218 g/mol. The normalized spacial score (nSPS) is 17.2. The molecule has 1 fully saturated rings. The SMILES string of the molecule is Cc1nnc(CC(=N)CCC2CCOCC2)o1. The van der Waals surface area contributed by atoms with Gasteiger partial charge in [-0.1, -0.05) is 0 Å². The van der Waals surface area contributed by atoms with Crippen molar-refractivity contribution < 1.29 is 9.15 Å². The van der Waals surface area contributed by atoms with Crippen LogP contribution in [-0.2, 0) is 11.2 Å². The first kappa shape index (κ1) is 12.2. The highest BCUT2D eigenvalue weighted by Crippen LogP contribution is 2.20. The van der Waals surface area contributed by atoms with E-state index in [1.807, 2.05) is 0 Å². The lowest BCUT2D eigenvalue weighted by molar-refractivity contribution is 0.0645. The first-order valence-corrected chi connectivity index (χ1v) is 6.17. The summed E-state index contributed by atoms with van der Waals surface area (Å²) in [6, 6.07) is 0. The lowest BCUT2D eigenvalue weighted by Crippen LogP contribution is -2.16. The molecule has 94 valence electrons. The van der Waals surface area contributed by atoms with E-state index in [0.717, 1.165) is 38.9 Å². The highest BCUT2D eigenvalue weighted by molar-refractivity contribution is 5.82. The second-order valence-corrected chi connectivity index (χ2v) is 4.59. The van der Waals surface area contributed by atoms with Crippen LogP contribution in [0.5, 0.6) is 0 Å². The number of aromatic nitrogens is 2. The van der Waals surface area contributed by atoms with E-state index in [4.69, 9.17) is 14.6 Å². The van der Waals surface area contributed by atoms with Crippen molar-refractivity contribution in [3.05, 3.63) is 11.8 Å². The Bertz CT molecular complexity index is 370. The Morgan fingerprint density at radius 3 is 2.76 bits per heavy atom. The summed E-state index contributed by atoms with van der Waals surface area (Å²) in [6.45, 7) is 3.52. The van der Waals surface area contributed by atoms with Gasteiger partial charge in [0, 0.05) is 25.8 Å². The molecule has 0 atom stereocenters. The van der Waals surface area contributed by atoms with E-state index in [2.05, 4.69) is 10.2 Å². The molecule has 0 aliphatic carbocycles. The highest BCUT2D eigenvalue weighted by Gasteiger charge is 2.15. The van der Waals surface area contributed by atoms with E-state index >= 15 is 0 Å². The maximum atomic E-state index is 7.89. The predicted octanol–water partition coefficient (Wildman–Crippen LogP) is 2.15. The standard InChI is InChI=1S/C12H19N3O2/c1-9-14-15-12(17-9)8-11(13)3-2-10-4-6-16-7-5-10/h10,13H,2-8H2,1H3. The topological polar surface area (TPSA) is 72.0 Å². The summed E-state index contributed by atoms with van der Waals surface area (Å²) in [5, 5.41) is 15.6. The largest absolute Gasteiger partial charge is 0.425 e. The van der Waals surface area contributed by atoms with Crippen molar-refractivity contribution >= 4 is 5.71 Å². The zero-order valence-corrected chi connectivity index (χ0v) is 10.2. The maximum Gasteiger partial charge on any atom is 0.222 e. The molecule has 0 saturated carbocycles. The molecule has 2 rings (SSSR count). The Balaban J connectivity index is 1.70. The fraction of sp³-hybridized carbons (Fsp3) is 0.750. The molecular formula is C12H19N3O2. The average Bonchev–Trinajstić information content (AvgIpc) is 2.73. The summed E-state index contributed by atoms with van der Waals surface area (Å²) < 4.78 is 10.6. The Morgan fingerprint density at radius 2 is 2.12 bits per heavy atom. The first-order chi connectivity index (χ1) is 8.24. The van der Waals surface area contributed by atoms with Crippen molar-refractivity contribution in [2.45, 2.75) is 39.0 Å². The Morgan fingerprint density at radius 1 is 1.35 bits per heavy atom. The van der Waals surface area contributed by atoms with Crippen LogP contribution >= 0.6 is 0 Å². The molecule has 0 unspecified atom stereocenters. The molecule has 1 aliphatic heterocycles. The van der Waals surface area contributed by atoms with Gasteiger partial charge in [0.25, 0.3) is 0 Å². The van der Waals surface area contributed by atoms with Gasteiger partial charge in [0.1, 0.15) is 0 Å². The third-order valence-electron chi connectivity index (χ3n) is 3.13. The summed E-state index contributed by atoms with van der Waals surface area (Å²) in [5.41, 5.74) is 0.681. The summed E-state index contributed by atoms with van der Waals surface area (Å²) in [5.74, 6) is 1.84. The minimum absolute atomic E-state index is 0.490. The van der Waals surface area contributed by atoms with Gasteiger partial charge in [-0.2, -0.15) is 0 Å². The molecule has 0 bridgehead atoms. The van der Waals surface area contributed by atoms with Crippen LogP contribution in [0.4, 0.5) is 0 Å². The number of nitrogens with zero attached hydrogens (tertiary/aromatic N) is 2. The van der Waals surface area contributed by atoms with Crippen LogP contribution in [0.2, 0.25) is 0 Å². The Labute approximate surface area is 101 Å². The lowest BCUT2D eigenvalue weighted by Gasteiger charge is -2.21. The van der Waals surface area contributed by atoms with Crippen LogP contribution in [0, 0.1) is 18.3 Å². The van der Waals surface area contributed by atoms with Crippen molar-refractivity contribution in [1.82, 2.24) is 10.2 Å². The van der Waals surface area contributed by atoms with Crippen LogP contribution < -0.4 is 0 Å². The maximum absolute atomic E-state index is 7.89. The third-order valence-corrected chi connectivity index (χ3v) is 3.13. The molecule has 5 heteroatoms. The Kier molecular flexibility index (Phi) is 4.25. The van der Waals surface area contributed by atoms with E-state index in [1.54, 1.807) is 6.92 Å². The van der Waals surface area contributed by atoms with Crippen molar-refractivity contribution in [1.29, 1.82) is 5.41 Å². The van der Waals surface area contributed by atoms with Gasteiger partial charge in [0.15, 0.2) is 0 Å². The molecule has 1 saturated heterocycles. The van der Waals surface area contributed by atoms with Gasteiger partial charge in [-0.15, -0.1) is 10.2 Å². The van der Waals surface area contributed by atoms with Crippen LogP contribution in [0.25, 0.3) is 0 Å². The second kappa shape index (κ2) is 5.91. The molecule has 0 aromatic carbocycles. The minimum atomic E-state index is 0.490. The molecule has 0 spiro atoms. The summed E-state index contributed by atoms with van der Waals surface area (Å²) >= 11 is 0. The summed E-state index contributed by atoms with van der Waals surface area (Å²) in [4.78, 5) is 0. The number of aryl methyl sites for hydroxylation is 1. The van der Waals surface area contributed by atoms with Crippen LogP contribution in [0.1, 0.15) is 37.5 Å². The number of hydrogen-bond acceptors (Lipinski definition) is 5. The average molecular weight is 237 g/mol. The summed E-state index contributed by atoms with van der Waals surface area (Å²) in [6.07, 6.45) is 4.66. The second-order valence-electron chi connectivity index (χ2n) is 4.59. The molecule has 17 heavy (non-hydrogen) atoms. The zero-order valence-electron chi connectivity index (χ0n) is 10.2. The van der Waals surface area contributed by atoms with E-state index in [9.17, 15) is 0 Å². The summed E-state index contributed by atoms with van der Waals surface area (Å²) in [7, 11) is 0. The fourth-order valence-electron chi connectivity index (χ4n) is 2.09. The van der Waals surface area contributed by atoms with E-state index in [-0.39, 0.29) is 0 Å². The smallest absolute Gasteiger partial charge is 0.222 e. The van der Waals surface area contributed by atoms with Crippen molar-refractivity contribution in [3.8, 4) is 0 Å². The van der Waals surface area contributed by atoms with Gasteiger partial charge < -0.3 is 14.6 Å². The molecule has 1 aliphatic rings. The van der Waals surface area contributed by atoms with Gasteiger partial charge in [-0.25, -0.2) is 0 Å². The first-order valence-electron chi connectivity index (χ1n) is 6.17. The molecule has 0 radical (unpaired) electrons. The van der Waals surface area contributed by atoms with Crippen LogP contribution in [0.3, 0.4) is 0 Å². The number of rotatable bonds is 5. The molecule has 2 heterocycles. The van der Waals surface area contributed by atoms with Crippen LogP contribution in [0.15, 0.2) is 4.42 Å². The van der Waals surface area contributed by atoms with Crippen molar-refractivity contribution in [3.63, 3.8) is 0 Å². The number of hydrogen-bond donors (Lipinski definition) is 1. The lowest BCUT2D eigenvalue weighted by atomic mass is 9.93. The van der Waals surface area contributed by atoms with E-state index in [1.165, 1.54) is 0 Å². The monoisotopic (exact) mass is 237 g/mol. The highest BCUT2D eigenvalue weighted by atomic mass is 16.5. The van der Waals surface area contributed by atoms with Gasteiger partial charge in [-0.05, 0) is 31.6 Å². The fourth-order valence-corrected chi connectivity index (χ4v) is 2.09. The molecule has 0 amide bonds. The quantitative estimate of drug-likeness (QED) is 0.796. The van der Waals surface area contributed by atoms with Gasteiger partial charge >= 0.3 is 0 Å². The Hall–Kier alpha value is -1.23. The van der Waals surface area contributed by atoms with Gasteiger partial charge in [-0.3, -0.25) is 0 Å². The molecule has 1 aromatic rings. The van der Waals surface area contributed by atoms with Gasteiger partial charge in [0.2, 0.25) is 11.8 Å². The van der Waals surface area contributed by atoms with E-state index in [0.29, 0.717) is 29.8 Å². The van der Waals surface area contributed by atoms with Crippen LogP contribution in [-0.4, -0.2) is 29.1 Å². The number of ether oxygens (including phenoxy) is 1. The predicted molar refractivity (Wildman–Crippen MR) is 63.2 cm³/mol. The zero-order chi connectivity index (χ0) is 12.1. The van der Waals surface area contributed by atoms with Crippen molar-refractivity contribution in [2.75, 3.05) is 13.2 Å². The molecule has 5 nitrogen and oxygen atoms in total. The molecule has 1 N–H and O–H groups in total. The third kappa shape index (κ3) is 3.93. The number of nitrogens with one attached hydrogen (secondary N) is 1. The minimum Gasteiger partial charge on any atom is -0.425 e. The molecule has 1 aromatic heterocycles. The van der Waals surface area contributed by atoms with Crippen molar-refractivity contribution in [2.24, 2.45) is 5.92 Å². The van der Waals surface area contributed by atoms with Gasteiger partial charge in [0.05, 0.1) is 6.42 Å². The van der Waals surface area contributed by atoms with E-state index < -0.39 is 0 Å².